The molecule has 3 N–H and O–H groups in total. The van der Waals surface area contributed by atoms with Gasteiger partial charge in [0.05, 0.1) is 12.2 Å². The molecular formula is C23H38O4. The quantitative estimate of drug-likeness (QED) is 0.691. The third-order valence-electron chi connectivity index (χ3n) is 10.00. The van der Waals surface area contributed by atoms with Gasteiger partial charge in [-0.25, -0.2) is 0 Å². The monoisotopic (exact) mass is 378 g/mol. The van der Waals surface area contributed by atoms with E-state index in [9.17, 15) is 20.1 Å². The van der Waals surface area contributed by atoms with Crippen LogP contribution in [0.1, 0.15) is 78.6 Å². The standard InChI is InChI=1S/C23H38O4/c1-13(10-21(26)27)17-6-7-18-16-5-4-14-11-15(24)8-9-22(14,2)19(16)12-20(25)23(17,18)3/h13-20,24-25H,4-12H2,1-3H3,(H,26,27)/t13?,14?,15?,16?,17?,18?,19?,20?,22-,23+/m0/s1. The zero-order chi connectivity index (χ0) is 19.6. The Bertz CT molecular complexity index is 591. The lowest BCUT2D eigenvalue weighted by molar-refractivity contribution is -0.175. The van der Waals surface area contributed by atoms with Gasteiger partial charge in [0.15, 0.2) is 0 Å². The van der Waals surface area contributed by atoms with Gasteiger partial charge in [-0.05, 0) is 97.7 Å². The predicted octanol–water partition coefficient (Wildman–Crippen LogP) is 4.09. The lowest BCUT2D eigenvalue weighted by atomic mass is 9.43. The molecule has 0 aromatic carbocycles. The summed E-state index contributed by atoms with van der Waals surface area (Å²) in [5.74, 6) is 2.07. The molecule has 154 valence electrons. The second-order valence-electron chi connectivity index (χ2n) is 11.0. The van der Waals surface area contributed by atoms with Crippen molar-refractivity contribution < 1.29 is 20.1 Å². The lowest BCUT2D eigenvalue weighted by Crippen LogP contribution is -2.58. The van der Waals surface area contributed by atoms with Crippen LogP contribution in [0, 0.1) is 46.3 Å². The van der Waals surface area contributed by atoms with Crippen molar-refractivity contribution >= 4 is 5.97 Å². The van der Waals surface area contributed by atoms with E-state index in [0.29, 0.717) is 29.6 Å². The molecule has 4 aliphatic rings. The predicted molar refractivity (Wildman–Crippen MR) is 104 cm³/mol. The van der Waals surface area contributed by atoms with Gasteiger partial charge in [-0.2, -0.15) is 0 Å². The SMILES string of the molecule is CC(CC(=O)O)C1CCC2C3CCC4CC(O)CC[C@]4(C)C3CC(O)[C@]12C. The number of aliphatic carboxylic acids is 1. The van der Waals surface area contributed by atoms with E-state index < -0.39 is 5.97 Å². The first-order valence-corrected chi connectivity index (χ1v) is 11.3. The van der Waals surface area contributed by atoms with Crippen LogP contribution in [0.4, 0.5) is 0 Å². The Kier molecular flexibility index (Phi) is 4.91. The minimum absolute atomic E-state index is 0.125. The summed E-state index contributed by atoms with van der Waals surface area (Å²) >= 11 is 0. The number of carboxylic acid groups (broad SMARTS) is 1. The second kappa shape index (κ2) is 6.73. The summed E-state index contributed by atoms with van der Waals surface area (Å²) < 4.78 is 0. The second-order valence-corrected chi connectivity index (χ2v) is 11.0. The highest BCUT2D eigenvalue weighted by molar-refractivity contribution is 5.67. The van der Waals surface area contributed by atoms with E-state index in [2.05, 4.69) is 20.8 Å². The zero-order valence-corrected chi connectivity index (χ0v) is 17.2. The molecule has 0 spiro atoms. The molecule has 8 unspecified atom stereocenters. The molecule has 0 aliphatic heterocycles. The van der Waals surface area contributed by atoms with Gasteiger partial charge in [0.25, 0.3) is 0 Å². The van der Waals surface area contributed by atoms with Crippen molar-refractivity contribution in [3.63, 3.8) is 0 Å². The smallest absolute Gasteiger partial charge is 0.303 e. The fourth-order valence-electron chi connectivity index (χ4n) is 8.58. The van der Waals surface area contributed by atoms with Crippen LogP contribution in [-0.4, -0.2) is 33.5 Å². The van der Waals surface area contributed by atoms with Crippen molar-refractivity contribution in [2.75, 3.05) is 0 Å². The van der Waals surface area contributed by atoms with Crippen LogP contribution in [0.25, 0.3) is 0 Å². The molecule has 0 amide bonds. The minimum Gasteiger partial charge on any atom is -0.481 e. The van der Waals surface area contributed by atoms with Crippen molar-refractivity contribution in [3.05, 3.63) is 0 Å². The molecule has 4 nitrogen and oxygen atoms in total. The van der Waals surface area contributed by atoms with Gasteiger partial charge in [-0.3, -0.25) is 4.79 Å². The molecular weight excluding hydrogens is 340 g/mol. The lowest BCUT2D eigenvalue weighted by Gasteiger charge is -2.62. The number of rotatable bonds is 3. The van der Waals surface area contributed by atoms with Gasteiger partial charge in [-0.15, -0.1) is 0 Å². The topological polar surface area (TPSA) is 77.8 Å². The van der Waals surface area contributed by atoms with Crippen LogP contribution in [0.3, 0.4) is 0 Å². The van der Waals surface area contributed by atoms with Crippen molar-refractivity contribution in [3.8, 4) is 0 Å². The maximum atomic E-state index is 11.4. The van der Waals surface area contributed by atoms with E-state index in [4.69, 9.17) is 0 Å². The van der Waals surface area contributed by atoms with Crippen LogP contribution < -0.4 is 0 Å². The van der Waals surface area contributed by atoms with Crippen LogP contribution in [0.15, 0.2) is 0 Å². The molecule has 0 bridgehead atoms. The normalized spacial score (nSPS) is 53.1. The van der Waals surface area contributed by atoms with Gasteiger partial charge in [-0.1, -0.05) is 20.8 Å². The highest BCUT2D eigenvalue weighted by Crippen LogP contribution is 2.68. The summed E-state index contributed by atoms with van der Waals surface area (Å²) in [5.41, 5.74) is 0.128. The Labute approximate surface area is 163 Å². The van der Waals surface area contributed by atoms with E-state index in [1.54, 1.807) is 0 Å². The van der Waals surface area contributed by atoms with Gasteiger partial charge in [0.2, 0.25) is 0 Å². The average Bonchev–Trinajstić information content (AvgIpc) is 2.95. The number of carbonyl (C=O) groups is 1. The van der Waals surface area contributed by atoms with Gasteiger partial charge in [0.1, 0.15) is 0 Å². The first-order valence-electron chi connectivity index (χ1n) is 11.3. The van der Waals surface area contributed by atoms with Gasteiger partial charge < -0.3 is 15.3 Å². The summed E-state index contributed by atoms with van der Waals surface area (Å²) in [6.07, 6.45) is 8.22. The number of fused-ring (bicyclic) bond motifs is 5. The van der Waals surface area contributed by atoms with E-state index in [-0.39, 0.29) is 35.4 Å². The van der Waals surface area contributed by atoms with E-state index in [1.807, 2.05) is 0 Å². The van der Waals surface area contributed by atoms with Crippen molar-refractivity contribution in [1.29, 1.82) is 0 Å². The van der Waals surface area contributed by atoms with Gasteiger partial charge in [0, 0.05) is 6.42 Å². The number of hydrogen-bond donors (Lipinski definition) is 3. The van der Waals surface area contributed by atoms with E-state index >= 15 is 0 Å². The molecule has 10 atom stereocenters. The molecule has 0 radical (unpaired) electrons. The summed E-state index contributed by atoms with van der Waals surface area (Å²) in [5, 5.41) is 30.8. The van der Waals surface area contributed by atoms with Crippen LogP contribution in [-0.2, 0) is 4.79 Å². The summed E-state index contributed by atoms with van der Waals surface area (Å²) in [6, 6.07) is 0. The highest BCUT2D eigenvalue weighted by atomic mass is 16.4. The Morgan fingerprint density at radius 2 is 1.78 bits per heavy atom. The minimum atomic E-state index is -0.716. The molecule has 0 aromatic rings. The summed E-state index contributed by atoms with van der Waals surface area (Å²) in [7, 11) is 0. The fraction of sp³-hybridized carbons (Fsp3) is 0.957. The van der Waals surface area contributed by atoms with E-state index in [1.165, 1.54) is 12.8 Å². The van der Waals surface area contributed by atoms with Crippen molar-refractivity contribution in [1.82, 2.24) is 0 Å². The fourth-order valence-corrected chi connectivity index (χ4v) is 8.58. The number of carboxylic acids is 1. The molecule has 4 fully saturated rings. The van der Waals surface area contributed by atoms with Crippen molar-refractivity contribution in [2.24, 2.45) is 46.3 Å². The third-order valence-corrected chi connectivity index (χ3v) is 10.00. The van der Waals surface area contributed by atoms with Crippen LogP contribution in [0.5, 0.6) is 0 Å². The Morgan fingerprint density at radius 3 is 2.48 bits per heavy atom. The molecule has 4 saturated carbocycles. The Morgan fingerprint density at radius 1 is 1.04 bits per heavy atom. The van der Waals surface area contributed by atoms with Crippen LogP contribution >= 0.6 is 0 Å². The number of hydrogen-bond acceptors (Lipinski definition) is 3. The van der Waals surface area contributed by atoms with Crippen LogP contribution in [0.2, 0.25) is 0 Å². The maximum Gasteiger partial charge on any atom is 0.303 e. The number of aliphatic hydroxyl groups is 2. The summed E-state index contributed by atoms with van der Waals surface area (Å²) in [6.45, 7) is 6.79. The zero-order valence-electron chi connectivity index (χ0n) is 17.2. The number of aliphatic hydroxyl groups excluding tert-OH is 2. The average molecular weight is 379 g/mol. The molecule has 0 aromatic heterocycles. The highest BCUT2D eigenvalue weighted by Gasteiger charge is 2.63. The first-order chi connectivity index (χ1) is 12.7. The van der Waals surface area contributed by atoms with Gasteiger partial charge >= 0.3 is 5.97 Å². The molecule has 4 aliphatic carbocycles. The first kappa shape index (κ1) is 19.7. The molecule has 0 saturated heterocycles. The molecule has 0 heterocycles. The molecule has 4 heteroatoms. The largest absolute Gasteiger partial charge is 0.481 e. The Hall–Kier alpha value is -0.610. The molecule has 4 rings (SSSR count). The Balaban J connectivity index is 1.60. The summed E-state index contributed by atoms with van der Waals surface area (Å²) in [4.78, 5) is 11.3. The maximum absolute atomic E-state index is 11.4. The molecule has 27 heavy (non-hydrogen) atoms. The van der Waals surface area contributed by atoms with Crippen molar-refractivity contribution in [2.45, 2.75) is 90.8 Å². The van der Waals surface area contributed by atoms with E-state index in [0.717, 1.165) is 38.5 Å². The third kappa shape index (κ3) is 2.88.